The highest BCUT2D eigenvalue weighted by Gasteiger charge is 2.20. The van der Waals surface area contributed by atoms with Crippen LogP contribution in [-0.2, 0) is 7.05 Å². The fraction of sp³-hybridized carbons (Fsp3) is 0.0625. The van der Waals surface area contributed by atoms with Crippen molar-refractivity contribution in [3.8, 4) is 0 Å². The highest BCUT2D eigenvalue weighted by molar-refractivity contribution is 7.99. The number of benzene rings is 2. The largest absolute Gasteiger partial charge is 0.322 e. The van der Waals surface area contributed by atoms with E-state index in [9.17, 15) is 14.9 Å². The third-order valence-corrected chi connectivity index (χ3v) is 4.96. The minimum Gasteiger partial charge on any atom is -0.322 e. The number of nitro groups is 1. The van der Waals surface area contributed by atoms with E-state index in [2.05, 4.69) is 15.5 Å². The van der Waals surface area contributed by atoms with Gasteiger partial charge in [0.2, 0.25) is 0 Å². The topological polar surface area (TPSA) is 103 Å². The molecule has 0 saturated carbocycles. The standard InChI is InChI=1S/C16H11Cl2N5O3S/c1-22-8-19-21-16(22)27-14-3-2-9(4-13(14)23(25)26)15(24)20-12-6-10(17)5-11(18)7-12/h2-8H,1H3,(H,20,24). The number of carbonyl (C=O) groups excluding carboxylic acids is 1. The minimum atomic E-state index is -0.550. The van der Waals surface area contributed by atoms with E-state index < -0.39 is 10.8 Å². The number of rotatable bonds is 5. The highest BCUT2D eigenvalue weighted by Crippen LogP contribution is 2.34. The number of carbonyl (C=O) groups is 1. The summed E-state index contributed by atoms with van der Waals surface area (Å²) in [4.78, 5) is 23.7. The van der Waals surface area contributed by atoms with Crippen LogP contribution < -0.4 is 5.32 Å². The molecular formula is C16H11Cl2N5O3S. The second kappa shape index (κ2) is 7.95. The van der Waals surface area contributed by atoms with Gasteiger partial charge in [-0.25, -0.2) is 0 Å². The molecule has 3 rings (SSSR count). The van der Waals surface area contributed by atoms with E-state index in [0.29, 0.717) is 25.8 Å². The molecule has 8 nitrogen and oxygen atoms in total. The molecule has 1 heterocycles. The van der Waals surface area contributed by atoms with Gasteiger partial charge in [-0.2, -0.15) is 0 Å². The Morgan fingerprint density at radius 2 is 1.93 bits per heavy atom. The van der Waals surface area contributed by atoms with E-state index in [0.717, 1.165) is 11.8 Å². The smallest absolute Gasteiger partial charge is 0.284 e. The number of nitrogens with one attached hydrogen (secondary N) is 1. The van der Waals surface area contributed by atoms with Crippen molar-refractivity contribution in [1.82, 2.24) is 14.8 Å². The molecule has 0 aliphatic rings. The number of hydrogen-bond donors (Lipinski definition) is 1. The quantitative estimate of drug-likeness (QED) is 0.480. The van der Waals surface area contributed by atoms with Crippen LogP contribution in [0.2, 0.25) is 10.0 Å². The first kappa shape index (κ1) is 19.2. The predicted octanol–water partition coefficient (Wildman–Crippen LogP) is 4.43. The van der Waals surface area contributed by atoms with Gasteiger partial charge < -0.3 is 9.88 Å². The van der Waals surface area contributed by atoms with Crippen molar-refractivity contribution in [2.45, 2.75) is 10.1 Å². The van der Waals surface area contributed by atoms with E-state index in [1.807, 2.05) is 0 Å². The van der Waals surface area contributed by atoms with Crippen LogP contribution in [0.3, 0.4) is 0 Å². The molecule has 3 aromatic rings. The number of aryl methyl sites for hydroxylation is 1. The molecule has 0 aliphatic heterocycles. The summed E-state index contributed by atoms with van der Waals surface area (Å²) in [6, 6.07) is 8.78. The maximum absolute atomic E-state index is 12.4. The van der Waals surface area contributed by atoms with E-state index >= 15 is 0 Å². The zero-order valence-electron chi connectivity index (χ0n) is 13.7. The minimum absolute atomic E-state index is 0.125. The first-order chi connectivity index (χ1) is 12.8. The van der Waals surface area contributed by atoms with Crippen LogP contribution in [0.5, 0.6) is 0 Å². The van der Waals surface area contributed by atoms with Crippen molar-refractivity contribution in [2.75, 3.05) is 5.32 Å². The maximum atomic E-state index is 12.4. The zero-order valence-corrected chi connectivity index (χ0v) is 16.0. The molecule has 0 radical (unpaired) electrons. The van der Waals surface area contributed by atoms with Crippen LogP contribution >= 0.6 is 35.0 Å². The molecule has 11 heteroatoms. The SMILES string of the molecule is Cn1cnnc1Sc1ccc(C(=O)Nc2cc(Cl)cc(Cl)c2)cc1[N+](=O)[O-]. The summed E-state index contributed by atoms with van der Waals surface area (Å²) in [5.74, 6) is -0.522. The summed E-state index contributed by atoms with van der Waals surface area (Å²) in [5.41, 5.74) is 0.303. The summed E-state index contributed by atoms with van der Waals surface area (Å²) < 4.78 is 1.64. The number of nitrogens with zero attached hydrogens (tertiary/aromatic N) is 4. The van der Waals surface area contributed by atoms with Crippen LogP contribution in [-0.4, -0.2) is 25.6 Å². The molecule has 0 aliphatic carbocycles. The van der Waals surface area contributed by atoms with Crippen molar-refractivity contribution in [1.29, 1.82) is 0 Å². The summed E-state index contributed by atoms with van der Waals surface area (Å²) in [6.45, 7) is 0. The lowest BCUT2D eigenvalue weighted by molar-refractivity contribution is -0.387. The molecule has 0 saturated heterocycles. The van der Waals surface area contributed by atoms with Gasteiger partial charge in [-0.3, -0.25) is 14.9 Å². The van der Waals surface area contributed by atoms with Crippen LogP contribution in [0.25, 0.3) is 0 Å². The normalized spacial score (nSPS) is 10.6. The predicted molar refractivity (Wildman–Crippen MR) is 103 cm³/mol. The molecule has 0 fully saturated rings. The Bertz CT molecular complexity index is 1020. The second-order valence-electron chi connectivity index (χ2n) is 5.38. The van der Waals surface area contributed by atoms with Crippen LogP contribution in [0.4, 0.5) is 11.4 Å². The van der Waals surface area contributed by atoms with Crippen LogP contribution in [0.1, 0.15) is 10.4 Å². The van der Waals surface area contributed by atoms with E-state index in [1.165, 1.54) is 42.7 Å². The molecule has 0 spiro atoms. The average molecular weight is 424 g/mol. The summed E-state index contributed by atoms with van der Waals surface area (Å²) in [5, 5.41) is 22.9. The van der Waals surface area contributed by atoms with Gasteiger partial charge in [0.15, 0.2) is 5.16 Å². The molecule has 0 atom stereocenters. The summed E-state index contributed by atoms with van der Waals surface area (Å²) in [6.07, 6.45) is 1.49. The fourth-order valence-electron chi connectivity index (χ4n) is 2.18. The molecule has 0 bridgehead atoms. The number of aromatic nitrogens is 3. The number of amides is 1. The third-order valence-electron chi connectivity index (χ3n) is 3.41. The van der Waals surface area contributed by atoms with Crippen molar-refractivity contribution < 1.29 is 9.72 Å². The van der Waals surface area contributed by atoms with Gasteiger partial charge in [0.05, 0.1) is 9.82 Å². The number of nitro benzene ring substituents is 1. The van der Waals surface area contributed by atoms with Gasteiger partial charge in [-0.1, -0.05) is 23.2 Å². The van der Waals surface area contributed by atoms with Gasteiger partial charge in [-0.05, 0) is 42.1 Å². The monoisotopic (exact) mass is 423 g/mol. The number of anilines is 1. The third kappa shape index (κ3) is 4.57. The van der Waals surface area contributed by atoms with Gasteiger partial charge >= 0.3 is 0 Å². The zero-order chi connectivity index (χ0) is 19.6. The Morgan fingerprint density at radius 1 is 1.22 bits per heavy atom. The Balaban J connectivity index is 1.87. The number of halogens is 2. The van der Waals surface area contributed by atoms with E-state index in [1.54, 1.807) is 11.6 Å². The Kier molecular flexibility index (Phi) is 5.64. The van der Waals surface area contributed by atoms with Crippen LogP contribution in [0.15, 0.2) is 52.8 Å². The van der Waals surface area contributed by atoms with E-state index in [-0.39, 0.29) is 11.3 Å². The van der Waals surface area contributed by atoms with Crippen molar-refractivity contribution >= 4 is 52.2 Å². The Hall–Kier alpha value is -2.62. The molecular weight excluding hydrogens is 413 g/mol. The molecule has 1 aromatic heterocycles. The van der Waals surface area contributed by atoms with Crippen molar-refractivity contribution in [3.63, 3.8) is 0 Å². The lowest BCUT2D eigenvalue weighted by atomic mass is 10.2. The lowest BCUT2D eigenvalue weighted by Crippen LogP contribution is -2.12. The molecule has 27 heavy (non-hydrogen) atoms. The van der Waals surface area contributed by atoms with Gasteiger partial charge in [0, 0.05) is 34.4 Å². The number of hydrogen-bond acceptors (Lipinski definition) is 6. The molecule has 138 valence electrons. The first-order valence-electron chi connectivity index (χ1n) is 7.41. The van der Waals surface area contributed by atoms with Gasteiger partial charge in [0.25, 0.3) is 11.6 Å². The highest BCUT2D eigenvalue weighted by atomic mass is 35.5. The van der Waals surface area contributed by atoms with Crippen LogP contribution in [0, 0.1) is 10.1 Å². The summed E-state index contributed by atoms with van der Waals surface area (Å²) >= 11 is 12.9. The van der Waals surface area contributed by atoms with Gasteiger partial charge in [0.1, 0.15) is 6.33 Å². The maximum Gasteiger partial charge on any atom is 0.284 e. The average Bonchev–Trinajstić information content (AvgIpc) is 2.99. The van der Waals surface area contributed by atoms with Crippen molar-refractivity contribution in [2.24, 2.45) is 7.05 Å². The molecule has 2 aromatic carbocycles. The fourth-order valence-corrected chi connectivity index (χ4v) is 3.56. The Labute approximate surface area is 167 Å². The van der Waals surface area contributed by atoms with Crippen molar-refractivity contribution in [3.05, 3.63) is 68.4 Å². The summed E-state index contributed by atoms with van der Waals surface area (Å²) in [7, 11) is 1.73. The molecule has 0 unspecified atom stereocenters. The first-order valence-corrected chi connectivity index (χ1v) is 8.98. The van der Waals surface area contributed by atoms with Gasteiger partial charge in [-0.15, -0.1) is 10.2 Å². The van der Waals surface area contributed by atoms with E-state index in [4.69, 9.17) is 23.2 Å². The lowest BCUT2D eigenvalue weighted by Gasteiger charge is -2.08. The molecule has 1 N–H and O–H groups in total. The second-order valence-corrected chi connectivity index (χ2v) is 7.26. The Morgan fingerprint density at radius 3 is 2.52 bits per heavy atom. The molecule has 1 amide bonds.